The van der Waals surface area contributed by atoms with Crippen LogP contribution >= 0.6 is 0 Å². The van der Waals surface area contributed by atoms with Gasteiger partial charge in [0.05, 0.1) is 23.6 Å². The van der Waals surface area contributed by atoms with Crippen LogP contribution in [0.5, 0.6) is 0 Å². The van der Waals surface area contributed by atoms with E-state index >= 15 is 0 Å². The van der Waals surface area contributed by atoms with E-state index in [-0.39, 0.29) is 6.03 Å². The van der Waals surface area contributed by atoms with Crippen molar-refractivity contribution < 1.29 is 4.79 Å². The van der Waals surface area contributed by atoms with Crippen molar-refractivity contribution >= 4 is 11.7 Å². The van der Waals surface area contributed by atoms with Crippen molar-refractivity contribution in [2.24, 2.45) is 5.92 Å². The second-order valence-corrected chi connectivity index (χ2v) is 8.86. The van der Waals surface area contributed by atoms with Gasteiger partial charge in [0.15, 0.2) is 0 Å². The summed E-state index contributed by atoms with van der Waals surface area (Å²) in [6.07, 6.45) is 3.38. The summed E-state index contributed by atoms with van der Waals surface area (Å²) in [7, 11) is 0. The molecule has 1 fully saturated rings. The Kier molecular flexibility index (Phi) is 5.95. The van der Waals surface area contributed by atoms with Crippen molar-refractivity contribution in [2.45, 2.75) is 39.3 Å². The third-order valence-electron chi connectivity index (χ3n) is 6.50. The number of rotatable bonds is 7. The summed E-state index contributed by atoms with van der Waals surface area (Å²) in [4.78, 5) is 17.6. The van der Waals surface area contributed by atoms with Crippen molar-refractivity contribution in [1.82, 2.24) is 19.6 Å². The molecule has 2 amide bonds. The molecule has 5 rings (SSSR count). The van der Waals surface area contributed by atoms with Crippen LogP contribution in [-0.4, -0.2) is 45.2 Å². The molecule has 1 aromatic heterocycles. The van der Waals surface area contributed by atoms with Crippen molar-refractivity contribution in [2.75, 3.05) is 25.0 Å². The van der Waals surface area contributed by atoms with Gasteiger partial charge in [-0.05, 0) is 49.6 Å². The standard InChI is InChI=1S/C26H31N5O/c1-2-29-16-15-25-23(18-29)24(28-31(25)22-11-7-4-8-12-22)19-30(17-20-13-14-20)26(32)27-21-9-5-3-6-10-21/h3-12,20H,2,13-19H2,1H3,(H,27,32). The number of likely N-dealkylation sites (N-methyl/N-ethyl adjacent to an activating group) is 1. The lowest BCUT2D eigenvalue weighted by Crippen LogP contribution is -2.37. The van der Waals surface area contributed by atoms with Gasteiger partial charge < -0.3 is 10.2 Å². The summed E-state index contributed by atoms with van der Waals surface area (Å²) < 4.78 is 2.10. The van der Waals surface area contributed by atoms with Gasteiger partial charge in [-0.3, -0.25) is 4.90 Å². The highest BCUT2D eigenvalue weighted by Gasteiger charge is 2.30. The lowest BCUT2D eigenvalue weighted by Gasteiger charge is -2.27. The maximum absolute atomic E-state index is 13.2. The molecule has 2 aromatic carbocycles. The number of carbonyl (C=O) groups excluding carboxylic acids is 1. The Morgan fingerprint density at radius 1 is 1.09 bits per heavy atom. The van der Waals surface area contributed by atoms with Crippen molar-refractivity contribution in [3.05, 3.63) is 77.6 Å². The average Bonchev–Trinajstić information content (AvgIpc) is 3.59. The average molecular weight is 430 g/mol. The zero-order chi connectivity index (χ0) is 21.9. The van der Waals surface area contributed by atoms with Crippen LogP contribution in [0.4, 0.5) is 10.5 Å². The molecule has 1 aliphatic carbocycles. The molecule has 2 heterocycles. The minimum Gasteiger partial charge on any atom is -0.318 e. The number of anilines is 1. The van der Waals surface area contributed by atoms with E-state index in [1.165, 1.54) is 24.1 Å². The van der Waals surface area contributed by atoms with Crippen LogP contribution in [-0.2, 0) is 19.5 Å². The first-order valence-electron chi connectivity index (χ1n) is 11.7. The van der Waals surface area contributed by atoms with E-state index in [4.69, 9.17) is 5.10 Å². The predicted octanol–water partition coefficient (Wildman–Crippen LogP) is 4.69. The van der Waals surface area contributed by atoms with Crippen LogP contribution in [0.2, 0.25) is 0 Å². The number of hydrogen-bond acceptors (Lipinski definition) is 3. The molecule has 0 saturated heterocycles. The van der Waals surface area contributed by atoms with Crippen molar-refractivity contribution in [1.29, 1.82) is 0 Å². The molecule has 0 radical (unpaired) electrons. The fourth-order valence-electron chi connectivity index (χ4n) is 4.46. The first kappa shape index (κ1) is 20.8. The summed E-state index contributed by atoms with van der Waals surface area (Å²) in [6, 6.07) is 20.0. The van der Waals surface area contributed by atoms with Crippen LogP contribution in [0.3, 0.4) is 0 Å². The lowest BCUT2D eigenvalue weighted by atomic mass is 10.0. The Morgan fingerprint density at radius 2 is 1.81 bits per heavy atom. The van der Waals surface area contributed by atoms with Gasteiger partial charge in [0.1, 0.15) is 0 Å². The van der Waals surface area contributed by atoms with Crippen LogP contribution in [0.15, 0.2) is 60.7 Å². The number of urea groups is 1. The number of nitrogens with one attached hydrogen (secondary N) is 1. The van der Waals surface area contributed by atoms with Crippen LogP contribution in [0.1, 0.15) is 36.7 Å². The van der Waals surface area contributed by atoms with Crippen LogP contribution in [0, 0.1) is 5.92 Å². The van der Waals surface area contributed by atoms with Crippen molar-refractivity contribution in [3.8, 4) is 5.69 Å². The second kappa shape index (κ2) is 9.17. The van der Waals surface area contributed by atoms with E-state index in [1.807, 2.05) is 41.3 Å². The van der Waals surface area contributed by atoms with E-state index in [9.17, 15) is 4.79 Å². The molecule has 6 nitrogen and oxygen atoms in total. The number of benzene rings is 2. The van der Waals surface area contributed by atoms with Gasteiger partial charge in [0.2, 0.25) is 0 Å². The first-order chi connectivity index (χ1) is 15.7. The summed E-state index contributed by atoms with van der Waals surface area (Å²) in [6.45, 7) is 6.49. The molecular weight excluding hydrogens is 398 g/mol. The molecule has 1 aliphatic heterocycles. The Hall–Kier alpha value is -3.12. The molecular formula is C26H31N5O. The number of nitrogens with zero attached hydrogens (tertiary/aromatic N) is 4. The predicted molar refractivity (Wildman–Crippen MR) is 127 cm³/mol. The molecule has 1 saturated carbocycles. The normalized spacial score (nSPS) is 15.9. The molecule has 0 bridgehead atoms. The van der Waals surface area contributed by atoms with Crippen LogP contribution < -0.4 is 5.32 Å². The third-order valence-corrected chi connectivity index (χ3v) is 6.50. The van der Waals surface area contributed by atoms with Gasteiger partial charge in [-0.25, -0.2) is 9.48 Å². The van der Waals surface area contributed by atoms with Gasteiger partial charge in [0, 0.05) is 37.3 Å². The summed E-state index contributed by atoms with van der Waals surface area (Å²) in [5.41, 5.74) is 5.50. The molecule has 32 heavy (non-hydrogen) atoms. The van der Waals surface area contributed by atoms with Gasteiger partial charge in [-0.15, -0.1) is 0 Å². The largest absolute Gasteiger partial charge is 0.322 e. The molecule has 0 spiro atoms. The highest BCUT2D eigenvalue weighted by molar-refractivity contribution is 5.89. The molecule has 166 valence electrons. The number of aromatic nitrogens is 2. The number of carbonyl (C=O) groups is 1. The summed E-state index contributed by atoms with van der Waals surface area (Å²) >= 11 is 0. The lowest BCUT2D eigenvalue weighted by molar-refractivity contribution is 0.205. The Balaban J connectivity index is 1.45. The zero-order valence-electron chi connectivity index (χ0n) is 18.7. The summed E-state index contributed by atoms with van der Waals surface area (Å²) in [5.74, 6) is 0.607. The van der Waals surface area contributed by atoms with Gasteiger partial charge in [0.25, 0.3) is 0 Å². The number of hydrogen-bond donors (Lipinski definition) is 1. The van der Waals surface area contributed by atoms with Gasteiger partial charge in [-0.2, -0.15) is 5.10 Å². The number of amides is 2. The fourth-order valence-corrected chi connectivity index (χ4v) is 4.46. The molecule has 3 aromatic rings. The Morgan fingerprint density at radius 3 is 2.50 bits per heavy atom. The summed E-state index contributed by atoms with van der Waals surface area (Å²) in [5, 5.41) is 8.13. The maximum Gasteiger partial charge on any atom is 0.322 e. The minimum atomic E-state index is -0.0470. The van der Waals surface area contributed by atoms with E-state index in [2.05, 4.69) is 46.1 Å². The second-order valence-electron chi connectivity index (χ2n) is 8.86. The fraction of sp³-hybridized carbons (Fsp3) is 0.385. The first-order valence-corrected chi connectivity index (χ1v) is 11.7. The van der Waals surface area contributed by atoms with Crippen LogP contribution in [0.25, 0.3) is 5.69 Å². The minimum absolute atomic E-state index is 0.0470. The quantitative estimate of drug-likeness (QED) is 0.593. The van der Waals surface area contributed by atoms with E-state index < -0.39 is 0 Å². The zero-order valence-corrected chi connectivity index (χ0v) is 18.7. The monoisotopic (exact) mass is 429 g/mol. The van der Waals surface area contributed by atoms with Gasteiger partial charge >= 0.3 is 6.03 Å². The SMILES string of the molecule is CCN1CCc2c(c(CN(CC3CC3)C(=O)Nc3ccccc3)nn2-c2ccccc2)C1. The Labute approximate surface area is 189 Å². The third kappa shape index (κ3) is 4.55. The molecule has 1 N–H and O–H groups in total. The molecule has 0 atom stereocenters. The number of fused-ring (bicyclic) bond motifs is 1. The Bertz CT molecular complexity index is 1060. The van der Waals surface area contributed by atoms with E-state index in [1.54, 1.807) is 0 Å². The van der Waals surface area contributed by atoms with Crippen molar-refractivity contribution in [3.63, 3.8) is 0 Å². The molecule has 0 unspecified atom stereocenters. The smallest absolute Gasteiger partial charge is 0.318 e. The topological polar surface area (TPSA) is 53.4 Å². The highest BCUT2D eigenvalue weighted by Crippen LogP contribution is 2.32. The van der Waals surface area contributed by atoms with E-state index in [0.717, 1.165) is 49.7 Å². The molecule has 6 heteroatoms. The number of para-hydroxylation sites is 2. The molecule has 2 aliphatic rings. The maximum atomic E-state index is 13.2. The van der Waals surface area contributed by atoms with Gasteiger partial charge in [-0.1, -0.05) is 43.3 Å². The van der Waals surface area contributed by atoms with E-state index in [0.29, 0.717) is 12.5 Å². The highest BCUT2D eigenvalue weighted by atomic mass is 16.2.